The van der Waals surface area contributed by atoms with Gasteiger partial charge in [-0.05, 0) is 30.2 Å². The molecule has 0 aromatic heterocycles. The summed E-state index contributed by atoms with van der Waals surface area (Å²) in [7, 11) is 0. The second kappa shape index (κ2) is 5.33. The van der Waals surface area contributed by atoms with Crippen molar-refractivity contribution in [3.63, 3.8) is 0 Å². The number of halogens is 5. The first-order valence-electron chi connectivity index (χ1n) is 5.44. The second-order valence-corrected chi connectivity index (χ2v) is 5.06. The van der Waals surface area contributed by atoms with Crippen molar-refractivity contribution >= 4 is 15.9 Å². The minimum absolute atomic E-state index is 0.295. The third-order valence-electron chi connectivity index (χ3n) is 2.80. The fraction of sp³-hybridized carbons (Fsp3) is 0.143. The quantitative estimate of drug-likeness (QED) is 0.534. The smallest absolute Gasteiger partial charge is 0.133 e. The van der Waals surface area contributed by atoms with Crippen LogP contribution in [0.5, 0.6) is 0 Å². The third-order valence-corrected chi connectivity index (χ3v) is 3.75. The molecule has 1 unspecified atom stereocenters. The highest BCUT2D eigenvalue weighted by Crippen LogP contribution is 2.36. The van der Waals surface area contributed by atoms with E-state index in [0.29, 0.717) is 23.3 Å². The molecule has 1 atom stereocenters. The Kier molecular flexibility index (Phi) is 3.94. The molecule has 0 saturated heterocycles. The van der Waals surface area contributed by atoms with Crippen LogP contribution in [-0.4, -0.2) is 0 Å². The first-order valence-corrected chi connectivity index (χ1v) is 6.36. The fourth-order valence-corrected chi connectivity index (χ4v) is 2.83. The lowest BCUT2D eigenvalue weighted by Crippen LogP contribution is -2.03. The van der Waals surface area contributed by atoms with Crippen LogP contribution in [-0.2, 0) is 0 Å². The summed E-state index contributed by atoms with van der Waals surface area (Å²) in [6.07, 6.45) is 0. The Morgan fingerprint density at radius 3 is 2.00 bits per heavy atom. The average molecular weight is 333 g/mol. The van der Waals surface area contributed by atoms with Gasteiger partial charge < -0.3 is 0 Å². The van der Waals surface area contributed by atoms with E-state index in [1.165, 1.54) is 18.2 Å². The molecule has 2 aromatic rings. The molecule has 2 rings (SSSR count). The van der Waals surface area contributed by atoms with Crippen molar-refractivity contribution in [3.05, 3.63) is 70.3 Å². The summed E-state index contributed by atoms with van der Waals surface area (Å²) in [5.74, 6) is -3.37. The number of alkyl halides is 1. The Morgan fingerprint density at radius 1 is 0.895 bits per heavy atom. The molecule has 0 bridgehead atoms. The van der Waals surface area contributed by atoms with E-state index in [0.717, 1.165) is 0 Å². The summed E-state index contributed by atoms with van der Waals surface area (Å²) in [6, 6.07) is 5.14. The molecule has 0 aliphatic heterocycles. The molecular weight excluding hydrogens is 324 g/mol. The van der Waals surface area contributed by atoms with Crippen LogP contribution < -0.4 is 0 Å². The van der Waals surface area contributed by atoms with Crippen LogP contribution in [0.3, 0.4) is 0 Å². The Bertz CT molecular complexity index is 602. The number of hydrogen-bond acceptors (Lipinski definition) is 0. The van der Waals surface area contributed by atoms with Crippen LogP contribution in [0.4, 0.5) is 17.6 Å². The average Bonchev–Trinajstić information content (AvgIpc) is 2.26. The summed E-state index contributed by atoms with van der Waals surface area (Å²) >= 11 is 3.17. The van der Waals surface area contributed by atoms with Crippen LogP contribution >= 0.6 is 15.9 Å². The maximum absolute atomic E-state index is 13.7. The van der Waals surface area contributed by atoms with Gasteiger partial charge in [0.05, 0.1) is 4.83 Å². The zero-order valence-electron chi connectivity index (χ0n) is 9.85. The molecule has 0 aliphatic rings. The highest BCUT2D eigenvalue weighted by Gasteiger charge is 2.22. The Balaban J connectivity index is 2.53. The van der Waals surface area contributed by atoms with Gasteiger partial charge in [0.2, 0.25) is 0 Å². The molecular formula is C14H9BrF4. The molecule has 100 valence electrons. The summed E-state index contributed by atoms with van der Waals surface area (Å²) in [4.78, 5) is -0.811. The van der Waals surface area contributed by atoms with E-state index in [2.05, 4.69) is 15.9 Å². The SMILES string of the molecule is Cc1cc(F)ccc1C(Br)c1c(F)cc(F)cc1F. The van der Waals surface area contributed by atoms with Gasteiger partial charge in [0, 0.05) is 17.7 Å². The highest BCUT2D eigenvalue weighted by molar-refractivity contribution is 9.09. The largest absolute Gasteiger partial charge is 0.207 e. The summed E-state index contributed by atoms with van der Waals surface area (Å²) in [6.45, 7) is 1.63. The maximum Gasteiger partial charge on any atom is 0.133 e. The van der Waals surface area contributed by atoms with Crippen molar-refractivity contribution < 1.29 is 17.6 Å². The van der Waals surface area contributed by atoms with Gasteiger partial charge in [-0.15, -0.1) is 0 Å². The van der Waals surface area contributed by atoms with E-state index >= 15 is 0 Å². The monoisotopic (exact) mass is 332 g/mol. The Hall–Kier alpha value is -1.36. The Morgan fingerprint density at radius 2 is 1.47 bits per heavy atom. The van der Waals surface area contributed by atoms with E-state index < -0.39 is 28.1 Å². The summed E-state index contributed by atoms with van der Waals surface area (Å²) < 4.78 is 53.2. The molecule has 0 amide bonds. The predicted molar refractivity (Wildman–Crippen MR) is 68.2 cm³/mol. The molecule has 19 heavy (non-hydrogen) atoms. The van der Waals surface area contributed by atoms with Crippen molar-refractivity contribution in [2.24, 2.45) is 0 Å². The van der Waals surface area contributed by atoms with Gasteiger partial charge in [-0.3, -0.25) is 0 Å². The van der Waals surface area contributed by atoms with Gasteiger partial charge in [-0.25, -0.2) is 17.6 Å². The normalized spacial score (nSPS) is 12.5. The zero-order chi connectivity index (χ0) is 14.2. The van der Waals surface area contributed by atoms with Crippen LogP contribution in [0.1, 0.15) is 21.5 Å². The molecule has 0 radical (unpaired) electrons. The number of benzene rings is 2. The molecule has 0 nitrogen and oxygen atoms in total. The molecule has 0 N–H and O–H groups in total. The second-order valence-electron chi connectivity index (χ2n) is 4.15. The minimum Gasteiger partial charge on any atom is -0.207 e. The molecule has 5 heteroatoms. The van der Waals surface area contributed by atoms with E-state index in [1.807, 2.05) is 0 Å². The standard InChI is InChI=1S/C14H9BrF4/c1-7-4-8(16)2-3-10(7)14(15)13-11(18)5-9(17)6-12(13)19/h2-6,14H,1H3. The van der Waals surface area contributed by atoms with E-state index in [-0.39, 0.29) is 5.56 Å². The van der Waals surface area contributed by atoms with Crippen LogP contribution in [0.15, 0.2) is 30.3 Å². The molecule has 0 saturated carbocycles. The first kappa shape index (κ1) is 14.1. The molecule has 0 fully saturated rings. The van der Waals surface area contributed by atoms with E-state index in [9.17, 15) is 17.6 Å². The Labute approximate surface area is 116 Å². The van der Waals surface area contributed by atoms with E-state index in [1.54, 1.807) is 6.92 Å². The van der Waals surface area contributed by atoms with Crippen LogP contribution in [0.2, 0.25) is 0 Å². The maximum atomic E-state index is 13.7. The van der Waals surface area contributed by atoms with Crippen molar-refractivity contribution in [3.8, 4) is 0 Å². The number of hydrogen-bond donors (Lipinski definition) is 0. The van der Waals surface area contributed by atoms with Crippen molar-refractivity contribution in [1.82, 2.24) is 0 Å². The van der Waals surface area contributed by atoms with Crippen molar-refractivity contribution in [1.29, 1.82) is 0 Å². The van der Waals surface area contributed by atoms with Gasteiger partial charge in [0.1, 0.15) is 23.3 Å². The van der Waals surface area contributed by atoms with Gasteiger partial charge in [-0.2, -0.15) is 0 Å². The van der Waals surface area contributed by atoms with Gasteiger partial charge in [0.25, 0.3) is 0 Å². The zero-order valence-corrected chi connectivity index (χ0v) is 11.4. The van der Waals surface area contributed by atoms with Gasteiger partial charge >= 0.3 is 0 Å². The highest BCUT2D eigenvalue weighted by atomic mass is 79.9. The van der Waals surface area contributed by atoms with Crippen LogP contribution in [0, 0.1) is 30.2 Å². The predicted octanol–water partition coefficient (Wildman–Crippen LogP) is 5.04. The van der Waals surface area contributed by atoms with Crippen LogP contribution in [0.25, 0.3) is 0 Å². The van der Waals surface area contributed by atoms with Crippen molar-refractivity contribution in [2.75, 3.05) is 0 Å². The summed E-state index contributed by atoms with van der Waals surface area (Å²) in [5, 5.41) is 0. The summed E-state index contributed by atoms with van der Waals surface area (Å²) in [5.41, 5.74) is 0.770. The van der Waals surface area contributed by atoms with Gasteiger partial charge in [-0.1, -0.05) is 22.0 Å². The molecule has 0 heterocycles. The lowest BCUT2D eigenvalue weighted by molar-refractivity contribution is 0.527. The van der Waals surface area contributed by atoms with Gasteiger partial charge in [0.15, 0.2) is 0 Å². The molecule has 2 aromatic carbocycles. The lowest BCUT2D eigenvalue weighted by Gasteiger charge is -2.15. The lowest BCUT2D eigenvalue weighted by atomic mass is 9.99. The number of rotatable bonds is 2. The third kappa shape index (κ3) is 2.81. The fourth-order valence-electron chi connectivity index (χ4n) is 1.87. The molecule has 0 aliphatic carbocycles. The van der Waals surface area contributed by atoms with Crippen molar-refractivity contribution in [2.45, 2.75) is 11.8 Å². The first-order chi connectivity index (χ1) is 8.90. The van der Waals surface area contributed by atoms with E-state index in [4.69, 9.17) is 0 Å². The molecule has 0 spiro atoms. The topological polar surface area (TPSA) is 0 Å². The minimum atomic E-state index is -0.983. The number of aryl methyl sites for hydroxylation is 1.